The molecule has 1 atom stereocenters. The van der Waals surface area contributed by atoms with Crippen molar-refractivity contribution in [2.75, 3.05) is 11.9 Å². The van der Waals surface area contributed by atoms with E-state index in [9.17, 15) is 9.90 Å². The van der Waals surface area contributed by atoms with Crippen LogP contribution in [0.2, 0.25) is 0 Å². The van der Waals surface area contributed by atoms with E-state index >= 15 is 0 Å². The van der Waals surface area contributed by atoms with Gasteiger partial charge in [-0.2, -0.15) is 0 Å². The van der Waals surface area contributed by atoms with Crippen LogP contribution in [-0.4, -0.2) is 32.8 Å². The second kappa shape index (κ2) is 5.66. The SMILES string of the molecule is CC(CO)(Nc1cnc(C(=O)O)cn1)c1ccccc1. The van der Waals surface area contributed by atoms with Crippen LogP contribution in [0.4, 0.5) is 5.82 Å². The summed E-state index contributed by atoms with van der Waals surface area (Å²) >= 11 is 0. The van der Waals surface area contributed by atoms with Gasteiger partial charge in [0.1, 0.15) is 5.82 Å². The molecule has 6 heteroatoms. The molecule has 1 aromatic heterocycles. The quantitative estimate of drug-likeness (QED) is 0.764. The normalized spacial score (nSPS) is 13.5. The second-order valence-electron chi connectivity index (χ2n) is 4.57. The summed E-state index contributed by atoms with van der Waals surface area (Å²) in [7, 11) is 0. The summed E-state index contributed by atoms with van der Waals surface area (Å²) < 4.78 is 0. The molecule has 0 amide bonds. The number of nitrogens with one attached hydrogen (secondary N) is 1. The number of hydrogen-bond donors (Lipinski definition) is 3. The lowest BCUT2D eigenvalue weighted by Gasteiger charge is -2.29. The van der Waals surface area contributed by atoms with Crippen molar-refractivity contribution >= 4 is 11.8 Å². The highest BCUT2D eigenvalue weighted by atomic mass is 16.4. The number of aromatic carboxylic acids is 1. The lowest BCUT2D eigenvalue weighted by Crippen LogP contribution is -2.36. The maximum atomic E-state index is 10.7. The van der Waals surface area contributed by atoms with E-state index in [0.29, 0.717) is 5.82 Å². The predicted octanol–water partition coefficient (Wildman–Crippen LogP) is 1.49. The molecule has 2 rings (SSSR count). The van der Waals surface area contributed by atoms with Gasteiger partial charge in [-0.15, -0.1) is 0 Å². The van der Waals surface area contributed by atoms with Crippen LogP contribution in [0, 0.1) is 0 Å². The Hall–Kier alpha value is -2.47. The van der Waals surface area contributed by atoms with E-state index in [1.54, 1.807) is 0 Å². The third-order valence-corrected chi connectivity index (χ3v) is 3.00. The fraction of sp³-hybridized carbons (Fsp3) is 0.214. The van der Waals surface area contributed by atoms with Crippen LogP contribution in [0.15, 0.2) is 42.7 Å². The van der Waals surface area contributed by atoms with Gasteiger partial charge in [0.15, 0.2) is 5.69 Å². The van der Waals surface area contributed by atoms with Gasteiger partial charge in [-0.3, -0.25) is 0 Å². The van der Waals surface area contributed by atoms with Gasteiger partial charge in [-0.05, 0) is 12.5 Å². The van der Waals surface area contributed by atoms with Crippen molar-refractivity contribution in [3.8, 4) is 0 Å². The predicted molar refractivity (Wildman–Crippen MR) is 73.5 cm³/mol. The van der Waals surface area contributed by atoms with Gasteiger partial charge in [0.2, 0.25) is 0 Å². The van der Waals surface area contributed by atoms with E-state index < -0.39 is 11.5 Å². The summed E-state index contributed by atoms with van der Waals surface area (Å²) in [6, 6.07) is 9.43. The first kappa shape index (κ1) is 14.0. The molecule has 2 aromatic rings. The number of carboxylic acids is 1. The molecule has 0 aliphatic rings. The second-order valence-corrected chi connectivity index (χ2v) is 4.57. The van der Waals surface area contributed by atoms with E-state index in [1.807, 2.05) is 37.3 Å². The summed E-state index contributed by atoms with van der Waals surface area (Å²) in [5.41, 5.74) is 0.0494. The Bertz CT molecular complexity index is 586. The van der Waals surface area contributed by atoms with Crippen molar-refractivity contribution in [2.45, 2.75) is 12.5 Å². The van der Waals surface area contributed by atoms with Crippen molar-refractivity contribution in [1.29, 1.82) is 0 Å². The van der Waals surface area contributed by atoms with Crippen LogP contribution in [0.5, 0.6) is 0 Å². The van der Waals surface area contributed by atoms with Crippen molar-refractivity contribution < 1.29 is 15.0 Å². The topological polar surface area (TPSA) is 95.3 Å². The number of aromatic nitrogens is 2. The fourth-order valence-electron chi connectivity index (χ4n) is 1.79. The Labute approximate surface area is 116 Å². The standard InChI is InChI=1S/C14H15N3O3/c1-14(9-18,10-5-3-2-4-6-10)17-12-8-15-11(7-16-12)13(19)20/h2-8,18H,9H2,1H3,(H,16,17)(H,19,20). The number of carboxylic acid groups (broad SMARTS) is 1. The highest BCUT2D eigenvalue weighted by Gasteiger charge is 2.26. The molecule has 0 spiro atoms. The summed E-state index contributed by atoms with van der Waals surface area (Å²) in [4.78, 5) is 18.5. The first-order valence-electron chi connectivity index (χ1n) is 6.05. The molecule has 1 unspecified atom stereocenters. The Morgan fingerprint density at radius 2 is 1.95 bits per heavy atom. The lowest BCUT2D eigenvalue weighted by atomic mass is 9.93. The number of hydrogen-bond acceptors (Lipinski definition) is 5. The molecule has 1 aromatic carbocycles. The Morgan fingerprint density at radius 1 is 1.25 bits per heavy atom. The summed E-state index contributed by atoms with van der Waals surface area (Å²) in [5, 5.41) is 21.5. The van der Waals surface area contributed by atoms with Crippen molar-refractivity contribution in [2.24, 2.45) is 0 Å². The number of anilines is 1. The molecule has 1 heterocycles. The van der Waals surface area contributed by atoms with Crippen LogP contribution in [-0.2, 0) is 5.54 Å². The molecule has 0 aliphatic carbocycles. The number of benzene rings is 1. The van der Waals surface area contributed by atoms with E-state index in [0.717, 1.165) is 5.56 Å². The average Bonchev–Trinajstić information content (AvgIpc) is 2.48. The van der Waals surface area contributed by atoms with Gasteiger partial charge >= 0.3 is 5.97 Å². The maximum Gasteiger partial charge on any atom is 0.356 e. The fourth-order valence-corrected chi connectivity index (χ4v) is 1.79. The van der Waals surface area contributed by atoms with Crippen molar-refractivity contribution in [3.05, 3.63) is 54.0 Å². The molecular weight excluding hydrogens is 258 g/mol. The molecule has 0 saturated carbocycles. The number of rotatable bonds is 5. The molecule has 6 nitrogen and oxygen atoms in total. The highest BCUT2D eigenvalue weighted by molar-refractivity contribution is 5.84. The Kier molecular flexibility index (Phi) is 3.95. The average molecular weight is 273 g/mol. The molecule has 0 fully saturated rings. The molecule has 20 heavy (non-hydrogen) atoms. The number of aliphatic hydroxyl groups excluding tert-OH is 1. The van der Waals surface area contributed by atoms with Crippen LogP contribution in [0.3, 0.4) is 0 Å². The number of aliphatic hydroxyl groups is 1. The van der Waals surface area contributed by atoms with E-state index in [-0.39, 0.29) is 12.3 Å². The summed E-state index contributed by atoms with van der Waals surface area (Å²) in [6.07, 6.45) is 2.51. The minimum absolute atomic E-state index is 0.124. The molecule has 104 valence electrons. The zero-order valence-electron chi connectivity index (χ0n) is 10.9. The molecule has 0 aliphatic heterocycles. The lowest BCUT2D eigenvalue weighted by molar-refractivity contribution is 0.0690. The molecule has 0 radical (unpaired) electrons. The first-order chi connectivity index (χ1) is 9.55. The largest absolute Gasteiger partial charge is 0.476 e. The molecule has 3 N–H and O–H groups in total. The number of nitrogens with zero attached hydrogens (tertiary/aromatic N) is 2. The first-order valence-corrected chi connectivity index (χ1v) is 6.05. The highest BCUT2D eigenvalue weighted by Crippen LogP contribution is 2.24. The minimum atomic E-state index is -1.13. The van der Waals surface area contributed by atoms with Gasteiger partial charge in [0, 0.05) is 0 Å². The number of carbonyl (C=O) groups is 1. The summed E-state index contributed by atoms with van der Waals surface area (Å²) in [6.45, 7) is 1.69. The zero-order chi connectivity index (χ0) is 14.6. The van der Waals surface area contributed by atoms with Gasteiger partial charge < -0.3 is 15.5 Å². The van der Waals surface area contributed by atoms with Crippen LogP contribution in [0.1, 0.15) is 23.0 Å². The van der Waals surface area contributed by atoms with Gasteiger partial charge in [-0.1, -0.05) is 30.3 Å². The molecule has 0 bridgehead atoms. The van der Waals surface area contributed by atoms with Crippen LogP contribution >= 0.6 is 0 Å². The third kappa shape index (κ3) is 2.92. The van der Waals surface area contributed by atoms with E-state index in [4.69, 9.17) is 5.11 Å². The van der Waals surface area contributed by atoms with Crippen molar-refractivity contribution in [3.63, 3.8) is 0 Å². The van der Waals surface area contributed by atoms with Gasteiger partial charge in [0.05, 0.1) is 24.5 Å². The smallest absolute Gasteiger partial charge is 0.356 e. The van der Waals surface area contributed by atoms with Crippen molar-refractivity contribution in [1.82, 2.24) is 9.97 Å². The van der Waals surface area contributed by atoms with Gasteiger partial charge in [-0.25, -0.2) is 14.8 Å². The molecule has 0 saturated heterocycles. The molecular formula is C14H15N3O3. The Balaban J connectivity index is 2.24. The summed E-state index contributed by atoms with van der Waals surface area (Å²) in [5.74, 6) is -0.729. The monoisotopic (exact) mass is 273 g/mol. The Morgan fingerprint density at radius 3 is 2.45 bits per heavy atom. The zero-order valence-corrected chi connectivity index (χ0v) is 10.9. The van der Waals surface area contributed by atoms with Gasteiger partial charge in [0.25, 0.3) is 0 Å². The van der Waals surface area contributed by atoms with Crippen LogP contribution in [0.25, 0.3) is 0 Å². The van der Waals surface area contributed by atoms with Crippen LogP contribution < -0.4 is 5.32 Å². The minimum Gasteiger partial charge on any atom is -0.476 e. The third-order valence-electron chi connectivity index (χ3n) is 3.00. The van der Waals surface area contributed by atoms with E-state index in [2.05, 4.69) is 15.3 Å². The van der Waals surface area contributed by atoms with E-state index in [1.165, 1.54) is 12.4 Å². The maximum absolute atomic E-state index is 10.7.